The summed E-state index contributed by atoms with van der Waals surface area (Å²) in [7, 11) is 0. The Morgan fingerprint density at radius 1 is 1.45 bits per heavy atom. The Hall–Kier alpha value is -2.51. The van der Waals surface area contributed by atoms with Gasteiger partial charge in [-0.25, -0.2) is 4.52 Å². The van der Waals surface area contributed by atoms with Gasteiger partial charge in [0.1, 0.15) is 0 Å². The lowest BCUT2D eigenvalue weighted by atomic mass is 9.85. The van der Waals surface area contributed by atoms with Gasteiger partial charge in [-0.1, -0.05) is 16.8 Å². The maximum absolute atomic E-state index is 12.0. The van der Waals surface area contributed by atoms with Gasteiger partial charge in [-0.05, 0) is 19.8 Å². The molecule has 0 aliphatic heterocycles. The van der Waals surface area contributed by atoms with Crippen molar-refractivity contribution in [2.75, 3.05) is 0 Å². The molecule has 0 aromatic carbocycles. The second-order valence-electron chi connectivity index (χ2n) is 5.08. The van der Waals surface area contributed by atoms with E-state index in [1.54, 1.807) is 13.1 Å². The molecule has 0 spiro atoms. The molecule has 8 heteroatoms. The Bertz CT molecular complexity index is 841. The topological polar surface area (TPSA) is 102 Å². The summed E-state index contributed by atoms with van der Waals surface area (Å²) in [4.78, 5) is 19.1. The minimum Gasteiger partial charge on any atom is -0.332 e. The lowest BCUT2D eigenvalue weighted by Crippen LogP contribution is -2.12. The highest BCUT2D eigenvalue weighted by atomic mass is 16.5. The summed E-state index contributed by atoms with van der Waals surface area (Å²) >= 11 is 0. The molecule has 0 bridgehead atoms. The number of H-pyrrole nitrogens is 1. The van der Waals surface area contributed by atoms with E-state index in [4.69, 9.17) is 4.52 Å². The molecule has 3 aromatic rings. The Morgan fingerprint density at radius 3 is 3.05 bits per heavy atom. The molecule has 1 fully saturated rings. The first-order valence-corrected chi connectivity index (χ1v) is 6.51. The molecule has 0 radical (unpaired) electrons. The van der Waals surface area contributed by atoms with Crippen molar-refractivity contribution >= 4 is 5.52 Å². The second-order valence-corrected chi connectivity index (χ2v) is 5.08. The van der Waals surface area contributed by atoms with Crippen molar-refractivity contribution in [2.24, 2.45) is 0 Å². The van der Waals surface area contributed by atoms with Gasteiger partial charge in [-0.3, -0.25) is 4.79 Å². The second kappa shape index (κ2) is 3.99. The van der Waals surface area contributed by atoms with Gasteiger partial charge in [0.05, 0.1) is 6.20 Å². The van der Waals surface area contributed by atoms with Crippen LogP contribution in [0.1, 0.15) is 36.7 Å². The fourth-order valence-corrected chi connectivity index (χ4v) is 2.36. The van der Waals surface area contributed by atoms with E-state index in [1.165, 1.54) is 10.9 Å². The van der Waals surface area contributed by atoms with Gasteiger partial charge in [0.25, 0.3) is 11.4 Å². The summed E-state index contributed by atoms with van der Waals surface area (Å²) in [5.41, 5.74) is 1.08. The zero-order chi connectivity index (χ0) is 13.7. The minimum absolute atomic E-state index is 0.247. The summed E-state index contributed by atoms with van der Waals surface area (Å²) in [6.07, 6.45) is 5.06. The Balaban J connectivity index is 1.85. The molecule has 1 aliphatic carbocycles. The number of hydrogen-bond donors (Lipinski definition) is 1. The number of aromatic amines is 1. The van der Waals surface area contributed by atoms with Crippen LogP contribution in [0.4, 0.5) is 0 Å². The first kappa shape index (κ1) is 11.3. The predicted molar refractivity (Wildman–Crippen MR) is 68.2 cm³/mol. The van der Waals surface area contributed by atoms with Gasteiger partial charge in [0, 0.05) is 11.6 Å². The van der Waals surface area contributed by atoms with Gasteiger partial charge < -0.3 is 9.51 Å². The molecular formula is C12H12N6O2. The van der Waals surface area contributed by atoms with Crippen molar-refractivity contribution in [3.8, 4) is 11.6 Å². The van der Waals surface area contributed by atoms with E-state index >= 15 is 0 Å². The summed E-state index contributed by atoms with van der Waals surface area (Å²) in [5.74, 6) is 1.31. The Labute approximate surface area is 112 Å². The summed E-state index contributed by atoms with van der Waals surface area (Å²) in [6.45, 7) is 1.78. The highest BCUT2D eigenvalue weighted by Gasteiger charge is 2.26. The fourth-order valence-electron chi connectivity index (χ4n) is 2.36. The van der Waals surface area contributed by atoms with E-state index < -0.39 is 0 Å². The predicted octanol–water partition coefficient (Wildman–Crippen LogP) is 1.04. The first-order chi connectivity index (χ1) is 9.72. The normalized spacial score (nSPS) is 15.7. The third-order valence-corrected chi connectivity index (χ3v) is 3.65. The van der Waals surface area contributed by atoms with E-state index in [0.717, 1.165) is 12.8 Å². The lowest BCUT2D eigenvalue weighted by Gasteiger charge is -2.20. The quantitative estimate of drug-likeness (QED) is 0.747. The van der Waals surface area contributed by atoms with Crippen LogP contribution in [0.2, 0.25) is 0 Å². The van der Waals surface area contributed by atoms with Crippen molar-refractivity contribution in [2.45, 2.75) is 32.1 Å². The van der Waals surface area contributed by atoms with E-state index in [0.29, 0.717) is 28.6 Å². The van der Waals surface area contributed by atoms with Gasteiger partial charge in [0.2, 0.25) is 0 Å². The smallest absolute Gasteiger partial charge is 0.280 e. The highest BCUT2D eigenvalue weighted by Crippen LogP contribution is 2.35. The van der Waals surface area contributed by atoms with Crippen LogP contribution in [0, 0.1) is 6.92 Å². The number of fused-ring (bicyclic) bond motifs is 1. The third-order valence-electron chi connectivity index (χ3n) is 3.65. The van der Waals surface area contributed by atoms with Gasteiger partial charge >= 0.3 is 0 Å². The SMILES string of the molecule is Cc1cn2nnc(-c3nc(C4CCC4)no3)c2c(=O)[nH]1. The number of rotatable bonds is 2. The molecule has 0 saturated heterocycles. The van der Waals surface area contributed by atoms with Crippen LogP contribution in [0.25, 0.3) is 17.1 Å². The monoisotopic (exact) mass is 272 g/mol. The highest BCUT2D eigenvalue weighted by molar-refractivity contribution is 5.69. The average molecular weight is 272 g/mol. The van der Waals surface area contributed by atoms with Crippen LogP contribution >= 0.6 is 0 Å². The zero-order valence-electron chi connectivity index (χ0n) is 10.8. The molecule has 0 unspecified atom stereocenters. The lowest BCUT2D eigenvalue weighted by molar-refractivity contribution is 0.366. The molecule has 1 N–H and O–H groups in total. The molecule has 20 heavy (non-hydrogen) atoms. The van der Waals surface area contributed by atoms with Crippen molar-refractivity contribution in [1.29, 1.82) is 0 Å². The Kier molecular flexibility index (Phi) is 2.26. The van der Waals surface area contributed by atoms with Crippen molar-refractivity contribution in [3.05, 3.63) is 28.1 Å². The maximum Gasteiger partial charge on any atom is 0.280 e. The number of aromatic nitrogens is 6. The van der Waals surface area contributed by atoms with Crippen molar-refractivity contribution in [3.63, 3.8) is 0 Å². The van der Waals surface area contributed by atoms with E-state index in [-0.39, 0.29) is 11.4 Å². The Morgan fingerprint density at radius 2 is 2.30 bits per heavy atom. The molecule has 4 rings (SSSR count). The van der Waals surface area contributed by atoms with Crippen LogP contribution in [0.5, 0.6) is 0 Å². The number of nitrogens with zero attached hydrogens (tertiary/aromatic N) is 5. The number of hydrogen-bond acceptors (Lipinski definition) is 6. The number of aryl methyl sites for hydroxylation is 1. The van der Waals surface area contributed by atoms with Crippen molar-refractivity contribution in [1.82, 2.24) is 30.0 Å². The zero-order valence-corrected chi connectivity index (χ0v) is 10.8. The summed E-state index contributed by atoms with van der Waals surface area (Å²) in [6, 6.07) is 0. The molecule has 0 amide bonds. The van der Waals surface area contributed by atoms with E-state index in [9.17, 15) is 4.79 Å². The molecule has 102 valence electrons. The summed E-state index contributed by atoms with van der Waals surface area (Å²) < 4.78 is 6.66. The summed E-state index contributed by atoms with van der Waals surface area (Å²) in [5, 5.41) is 11.9. The van der Waals surface area contributed by atoms with Crippen LogP contribution in [0.3, 0.4) is 0 Å². The van der Waals surface area contributed by atoms with Crippen LogP contribution in [0.15, 0.2) is 15.5 Å². The standard InChI is InChI=1S/C12H12N6O2/c1-6-5-18-9(11(19)13-6)8(15-17-18)12-14-10(16-20-12)7-3-2-4-7/h5,7H,2-4H2,1H3,(H,13,19). The number of nitrogens with one attached hydrogen (secondary N) is 1. The van der Waals surface area contributed by atoms with Crippen LogP contribution < -0.4 is 5.56 Å². The molecule has 8 nitrogen and oxygen atoms in total. The average Bonchev–Trinajstić information content (AvgIpc) is 2.92. The molecule has 3 heterocycles. The molecule has 3 aromatic heterocycles. The first-order valence-electron chi connectivity index (χ1n) is 6.51. The van der Waals surface area contributed by atoms with Crippen molar-refractivity contribution < 1.29 is 4.52 Å². The minimum atomic E-state index is -0.270. The van der Waals surface area contributed by atoms with E-state index in [2.05, 4.69) is 25.4 Å². The largest absolute Gasteiger partial charge is 0.332 e. The van der Waals surface area contributed by atoms with Gasteiger partial charge in [-0.2, -0.15) is 4.98 Å². The third kappa shape index (κ3) is 1.57. The van der Waals surface area contributed by atoms with E-state index in [1.807, 2.05) is 0 Å². The van der Waals surface area contributed by atoms with Crippen LogP contribution in [-0.2, 0) is 0 Å². The molecule has 1 saturated carbocycles. The molecular weight excluding hydrogens is 260 g/mol. The van der Waals surface area contributed by atoms with Crippen LogP contribution in [-0.4, -0.2) is 30.0 Å². The fraction of sp³-hybridized carbons (Fsp3) is 0.417. The molecule has 1 aliphatic rings. The maximum atomic E-state index is 12.0. The molecule has 0 atom stereocenters. The van der Waals surface area contributed by atoms with Gasteiger partial charge in [0.15, 0.2) is 17.0 Å². The van der Waals surface area contributed by atoms with Gasteiger partial charge in [-0.15, -0.1) is 5.10 Å².